The van der Waals surface area contributed by atoms with E-state index in [0.717, 1.165) is 31.7 Å². The second kappa shape index (κ2) is 9.08. The van der Waals surface area contributed by atoms with Crippen molar-refractivity contribution in [1.82, 2.24) is 9.78 Å². The van der Waals surface area contributed by atoms with Crippen LogP contribution in [0.2, 0.25) is 0 Å². The third kappa shape index (κ3) is 6.35. The molecule has 0 amide bonds. The maximum Gasteiger partial charge on any atom is 0.157 e. The Labute approximate surface area is 105 Å². The lowest BCUT2D eigenvalue weighted by atomic mass is 10.1. The zero-order chi connectivity index (χ0) is 12.3. The molecule has 98 valence electrons. The van der Waals surface area contributed by atoms with Gasteiger partial charge in [-0.15, -0.1) is 0 Å². The van der Waals surface area contributed by atoms with Crippen LogP contribution in [0.25, 0.3) is 0 Å². The molecule has 0 N–H and O–H groups in total. The van der Waals surface area contributed by atoms with Gasteiger partial charge in [0.15, 0.2) is 5.75 Å². The molecule has 0 bridgehead atoms. The molecule has 1 aromatic rings. The second-order valence-corrected chi connectivity index (χ2v) is 4.56. The number of aromatic nitrogens is 2. The maximum atomic E-state index is 5.66. The van der Waals surface area contributed by atoms with E-state index in [1.807, 2.05) is 17.1 Å². The summed E-state index contributed by atoms with van der Waals surface area (Å²) in [7, 11) is 0. The summed E-state index contributed by atoms with van der Waals surface area (Å²) in [5, 5.41) is 4.24. The van der Waals surface area contributed by atoms with Crippen LogP contribution in [0.4, 0.5) is 0 Å². The normalized spacial score (nSPS) is 10.7. The third-order valence-electron chi connectivity index (χ3n) is 2.83. The van der Waals surface area contributed by atoms with Crippen molar-refractivity contribution in [2.45, 2.75) is 65.3 Å². The molecule has 0 unspecified atom stereocenters. The van der Waals surface area contributed by atoms with Crippen LogP contribution >= 0.6 is 0 Å². The molecule has 0 atom stereocenters. The summed E-state index contributed by atoms with van der Waals surface area (Å²) in [5.41, 5.74) is 0. The van der Waals surface area contributed by atoms with Crippen molar-refractivity contribution < 1.29 is 4.74 Å². The van der Waals surface area contributed by atoms with Gasteiger partial charge < -0.3 is 4.74 Å². The van der Waals surface area contributed by atoms with Crippen molar-refractivity contribution in [2.75, 3.05) is 6.61 Å². The number of nitrogens with zero attached hydrogens (tertiary/aromatic N) is 2. The Balaban J connectivity index is 2.01. The van der Waals surface area contributed by atoms with Gasteiger partial charge in [0, 0.05) is 6.54 Å². The average molecular weight is 238 g/mol. The molecule has 0 spiro atoms. The van der Waals surface area contributed by atoms with Crippen LogP contribution in [0.5, 0.6) is 5.75 Å². The number of rotatable bonds is 10. The summed E-state index contributed by atoms with van der Waals surface area (Å²) in [5.74, 6) is 0.909. The predicted molar refractivity (Wildman–Crippen MR) is 71.4 cm³/mol. The first-order chi connectivity index (χ1) is 8.36. The van der Waals surface area contributed by atoms with E-state index in [1.54, 1.807) is 0 Å². The number of unbranched alkanes of at least 4 members (excludes halogenated alkanes) is 5. The van der Waals surface area contributed by atoms with Crippen LogP contribution in [0.15, 0.2) is 12.4 Å². The van der Waals surface area contributed by atoms with Gasteiger partial charge in [0.2, 0.25) is 0 Å². The van der Waals surface area contributed by atoms with Crippen LogP contribution in [0, 0.1) is 0 Å². The highest BCUT2D eigenvalue weighted by Gasteiger charge is 1.98. The molecule has 0 aliphatic rings. The van der Waals surface area contributed by atoms with E-state index in [1.165, 1.54) is 32.1 Å². The number of hydrogen-bond acceptors (Lipinski definition) is 2. The average Bonchev–Trinajstić information content (AvgIpc) is 2.76. The molecule has 3 heteroatoms. The molecule has 0 radical (unpaired) electrons. The van der Waals surface area contributed by atoms with Gasteiger partial charge in [-0.3, -0.25) is 4.68 Å². The van der Waals surface area contributed by atoms with Crippen LogP contribution in [-0.2, 0) is 6.54 Å². The topological polar surface area (TPSA) is 27.1 Å². The lowest BCUT2D eigenvalue weighted by Gasteiger charge is -2.03. The summed E-state index contributed by atoms with van der Waals surface area (Å²) < 4.78 is 7.60. The van der Waals surface area contributed by atoms with Gasteiger partial charge in [-0.05, 0) is 12.8 Å². The minimum absolute atomic E-state index is 0.823. The second-order valence-electron chi connectivity index (χ2n) is 4.56. The largest absolute Gasteiger partial charge is 0.490 e. The highest BCUT2D eigenvalue weighted by Crippen LogP contribution is 2.10. The summed E-state index contributed by atoms with van der Waals surface area (Å²) in [6.45, 7) is 6.19. The summed E-state index contributed by atoms with van der Waals surface area (Å²) in [4.78, 5) is 0. The van der Waals surface area contributed by atoms with Crippen molar-refractivity contribution in [1.29, 1.82) is 0 Å². The van der Waals surface area contributed by atoms with Crippen LogP contribution in [-0.4, -0.2) is 16.4 Å². The monoisotopic (exact) mass is 238 g/mol. The summed E-state index contributed by atoms with van der Waals surface area (Å²) >= 11 is 0. The van der Waals surface area contributed by atoms with Crippen LogP contribution in [0.1, 0.15) is 58.8 Å². The van der Waals surface area contributed by atoms with E-state index in [9.17, 15) is 0 Å². The Morgan fingerprint density at radius 1 is 1.06 bits per heavy atom. The van der Waals surface area contributed by atoms with Gasteiger partial charge in [-0.1, -0.05) is 46.0 Å². The molecule has 0 aliphatic carbocycles. The quantitative estimate of drug-likeness (QED) is 0.575. The van der Waals surface area contributed by atoms with Gasteiger partial charge in [-0.2, -0.15) is 5.10 Å². The van der Waals surface area contributed by atoms with Crippen molar-refractivity contribution in [3.63, 3.8) is 0 Å². The minimum atomic E-state index is 0.823. The minimum Gasteiger partial charge on any atom is -0.490 e. The van der Waals surface area contributed by atoms with Gasteiger partial charge in [0.05, 0.1) is 19.0 Å². The molecule has 0 fully saturated rings. The Morgan fingerprint density at radius 2 is 1.82 bits per heavy atom. The molecule has 0 aromatic carbocycles. The number of ether oxygens (including phenoxy) is 1. The van der Waals surface area contributed by atoms with E-state index in [4.69, 9.17) is 4.74 Å². The number of hydrogen-bond donors (Lipinski definition) is 0. The Kier molecular flexibility index (Phi) is 7.52. The molecule has 0 aliphatic heterocycles. The van der Waals surface area contributed by atoms with E-state index in [2.05, 4.69) is 18.9 Å². The molecule has 1 rings (SSSR count). The molecular weight excluding hydrogens is 212 g/mol. The molecule has 17 heavy (non-hydrogen) atoms. The third-order valence-corrected chi connectivity index (χ3v) is 2.83. The van der Waals surface area contributed by atoms with Crippen molar-refractivity contribution in [2.24, 2.45) is 0 Å². The summed E-state index contributed by atoms with van der Waals surface area (Å²) in [6.07, 6.45) is 12.7. The molecular formula is C14H26N2O. The molecule has 0 saturated heterocycles. The van der Waals surface area contributed by atoms with Gasteiger partial charge in [0.25, 0.3) is 0 Å². The fraction of sp³-hybridized carbons (Fsp3) is 0.786. The standard InChI is InChI=1S/C14H26N2O/c1-3-5-6-7-8-9-11-17-14-12-15-16(13-14)10-4-2/h12-13H,3-11H2,1-2H3. The predicted octanol–water partition coefficient (Wildman–Crippen LogP) is 4.03. The first-order valence-electron chi connectivity index (χ1n) is 7.02. The van der Waals surface area contributed by atoms with Gasteiger partial charge in [-0.25, -0.2) is 0 Å². The SMILES string of the molecule is CCCCCCCCOc1cnn(CCC)c1. The highest BCUT2D eigenvalue weighted by atomic mass is 16.5. The molecule has 1 aromatic heterocycles. The first kappa shape index (κ1) is 14.1. The van der Waals surface area contributed by atoms with E-state index in [-0.39, 0.29) is 0 Å². The fourth-order valence-corrected chi connectivity index (χ4v) is 1.84. The zero-order valence-electron chi connectivity index (χ0n) is 11.3. The van der Waals surface area contributed by atoms with E-state index >= 15 is 0 Å². The highest BCUT2D eigenvalue weighted by molar-refractivity contribution is 5.11. The van der Waals surface area contributed by atoms with Crippen LogP contribution in [0.3, 0.4) is 0 Å². The van der Waals surface area contributed by atoms with Crippen molar-refractivity contribution >= 4 is 0 Å². The molecule has 1 heterocycles. The fourth-order valence-electron chi connectivity index (χ4n) is 1.84. The van der Waals surface area contributed by atoms with Crippen LogP contribution < -0.4 is 4.74 Å². The Hall–Kier alpha value is -0.990. The summed E-state index contributed by atoms with van der Waals surface area (Å²) in [6, 6.07) is 0. The van der Waals surface area contributed by atoms with Gasteiger partial charge >= 0.3 is 0 Å². The van der Waals surface area contributed by atoms with E-state index < -0.39 is 0 Å². The maximum absolute atomic E-state index is 5.66. The molecule has 3 nitrogen and oxygen atoms in total. The Morgan fingerprint density at radius 3 is 2.59 bits per heavy atom. The molecule has 0 saturated carbocycles. The van der Waals surface area contributed by atoms with E-state index in [0.29, 0.717) is 0 Å². The lowest BCUT2D eigenvalue weighted by Crippen LogP contribution is -1.97. The lowest BCUT2D eigenvalue weighted by molar-refractivity contribution is 0.304. The Bertz CT molecular complexity index is 284. The van der Waals surface area contributed by atoms with Gasteiger partial charge in [0.1, 0.15) is 0 Å². The smallest absolute Gasteiger partial charge is 0.157 e. The van der Waals surface area contributed by atoms with Crippen molar-refractivity contribution in [3.05, 3.63) is 12.4 Å². The number of aryl methyl sites for hydroxylation is 1. The first-order valence-corrected chi connectivity index (χ1v) is 7.02. The zero-order valence-corrected chi connectivity index (χ0v) is 11.3. The van der Waals surface area contributed by atoms with Crippen molar-refractivity contribution in [3.8, 4) is 5.75 Å².